The molecule has 3 aromatic rings. The van der Waals surface area contributed by atoms with Gasteiger partial charge in [-0.15, -0.1) is 23.1 Å². The van der Waals surface area contributed by atoms with E-state index >= 15 is 0 Å². The predicted molar refractivity (Wildman–Crippen MR) is 107 cm³/mol. The highest BCUT2D eigenvalue weighted by Crippen LogP contribution is 2.28. The fraction of sp³-hybridized carbons (Fsp3) is 0.200. The Labute approximate surface area is 156 Å². The number of hydrogen-bond donors (Lipinski definition) is 0. The number of aryl methyl sites for hydroxylation is 2. The Balaban J connectivity index is 1.79. The van der Waals surface area contributed by atoms with E-state index in [-0.39, 0.29) is 5.91 Å². The van der Waals surface area contributed by atoms with Crippen LogP contribution in [0.3, 0.4) is 0 Å². The molecule has 1 heterocycles. The van der Waals surface area contributed by atoms with Crippen LogP contribution in [0.2, 0.25) is 0 Å². The Kier molecular flexibility index (Phi) is 5.56. The molecule has 1 aromatic heterocycles. The van der Waals surface area contributed by atoms with Crippen molar-refractivity contribution in [1.29, 1.82) is 0 Å². The second-order valence-electron chi connectivity index (χ2n) is 5.84. The van der Waals surface area contributed by atoms with E-state index < -0.39 is 0 Å². The topological polar surface area (TPSA) is 33.2 Å². The van der Waals surface area contributed by atoms with Gasteiger partial charge < -0.3 is 4.90 Å². The van der Waals surface area contributed by atoms with Crippen LogP contribution in [0.25, 0.3) is 0 Å². The minimum Gasteiger partial charge on any atom is -0.311 e. The largest absolute Gasteiger partial charge is 0.311 e. The molecule has 0 N–H and O–H groups in total. The molecule has 128 valence electrons. The number of anilines is 1. The number of amides is 1. The highest BCUT2D eigenvalue weighted by atomic mass is 32.2. The van der Waals surface area contributed by atoms with Crippen molar-refractivity contribution in [2.75, 3.05) is 11.9 Å². The molecule has 2 aromatic carbocycles. The van der Waals surface area contributed by atoms with Gasteiger partial charge >= 0.3 is 0 Å². The van der Waals surface area contributed by atoms with E-state index in [2.05, 4.69) is 10.4 Å². The number of thiazole rings is 1. The zero-order chi connectivity index (χ0) is 17.8. The van der Waals surface area contributed by atoms with E-state index in [9.17, 15) is 4.79 Å². The summed E-state index contributed by atoms with van der Waals surface area (Å²) in [4.78, 5) is 20.1. The Morgan fingerprint density at radius 1 is 1.12 bits per heavy atom. The highest BCUT2D eigenvalue weighted by molar-refractivity contribution is 7.98. The number of thioether (sulfide) groups is 1. The number of carbonyl (C=O) groups excluding carboxylic acids is 1. The van der Waals surface area contributed by atoms with Crippen LogP contribution in [0.5, 0.6) is 0 Å². The third kappa shape index (κ3) is 4.30. The lowest BCUT2D eigenvalue weighted by Crippen LogP contribution is -2.26. The quantitative estimate of drug-likeness (QED) is 0.571. The molecule has 0 spiro atoms. The van der Waals surface area contributed by atoms with Crippen LogP contribution in [0.1, 0.15) is 26.6 Å². The van der Waals surface area contributed by atoms with Gasteiger partial charge in [0.25, 0.3) is 5.91 Å². The first-order valence-corrected chi connectivity index (χ1v) is 9.88. The van der Waals surface area contributed by atoms with Crippen LogP contribution in [-0.2, 0) is 5.75 Å². The molecule has 0 bridgehead atoms. The Morgan fingerprint density at radius 3 is 2.52 bits per heavy atom. The van der Waals surface area contributed by atoms with E-state index in [1.54, 1.807) is 28.0 Å². The van der Waals surface area contributed by atoms with Crippen molar-refractivity contribution in [2.24, 2.45) is 0 Å². The van der Waals surface area contributed by atoms with E-state index in [4.69, 9.17) is 0 Å². The molecule has 0 radical (unpaired) electrons. The number of rotatable bonds is 5. The molecule has 0 saturated heterocycles. The van der Waals surface area contributed by atoms with Crippen molar-refractivity contribution in [1.82, 2.24) is 4.98 Å². The number of benzene rings is 2. The first-order chi connectivity index (χ1) is 12.0. The third-order valence-electron chi connectivity index (χ3n) is 3.89. The van der Waals surface area contributed by atoms with Crippen LogP contribution < -0.4 is 4.90 Å². The summed E-state index contributed by atoms with van der Waals surface area (Å²) in [5.41, 5.74) is 3.86. The minimum absolute atomic E-state index is 0.00131. The lowest BCUT2D eigenvalue weighted by atomic mass is 10.1. The van der Waals surface area contributed by atoms with Gasteiger partial charge in [0, 0.05) is 28.8 Å². The average Bonchev–Trinajstić information content (AvgIpc) is 3.05. The standard InChI is InChI=1S/C20H20N2OS2/c1-14-8-10-17(11-9-14)22(3)20(23)18-6-4-5-7-19(18)25-13-16-12-24-15(2)21-16/h4-12H,13H2,1-3H3. The van der Waals surface area contributed by atoms with Gasteiger partial charge in [-0.1, -0.05) is 29.8 Å². The minimum atomic E-state index is 0.00131. The molecule has 5 heteroatoms. The van der Waals surface area contributed by atoms with Crippen LogP contribution in [0, 0.1) is 13.8 Å². The molecule has 0 aliphatic rings. The summed E-state index contributed by atoms with van der Waals surface area (Å²) >= 11 is 3.31. The number of hydrogen-bond acceptors (Lipinski definition) is 4. The lowest BCUT2D eigenvalue weighted by molar-refractivity contribution is 0.0990. The van der Waals surface area contributed by atoms with E-state index in [1.807, 2.05) is 69.4 Å². The van der Waals surface area contributed by atoms with Gasteiger partial charge in [0.1, 0.15) is 0 Å². The van der Waals surface area contributed by atoms with Crippen LogP contribution in [-0.4, -0.2) is 17.9 Å². The molecule has 0 saturated carbocycles. The molecule has 1 amide bonds. The fourth-order valence-electron chi connectivity index (χ4n) is 2.46. The summed E-state index contributed by atoms with van der Waals surface area (Å²) in [5.74, 6) is 0.768. The van der Waals surface area contributed by atoms with E-state index in [0.29, 0.717) is 0 Å². The number of aromatic nitrogens is 1. The number of carbonyl (C=O) groups is 1. The molecule has 3 nitrogen and oxygen atoms in total. The maximum atomic E-state index is 13.0. The smallest absolute Gasteiger partial charge is 0.259 e. The van der Waals surface area contributed by atoms with Gasteiger partial charge in [-0.3, -0.25) is 4.79 Å². The zero-order valence-electron chi connectivity index (χ0n) is 14.5. The van der Waals surface area contributed by atoms with Crippen LogP contribution in [0.4, 0.5) is 5.69 Å². The SMILES string of the molecule is Cc1ccc(N(C)C(=O)c2ccccc2SCc2csc(C)n2)cc1. The second kappa shape index (κ2) is 7.85. The van der Waals surface area contributed by atoms with Gasteiger partial charge in [0.2, 0.25) is 0 Å². The van der Waals surface area contributed by atoms with Crippen molar-refractivity contribution in [2.45, 2.75) is 24.5 Å². The average molecular weight is 369 g/mol. The summed E-state index contributed by atoms with van der Waals surface area (Å²) in [5, 5.41) is 3.14. The molecule has 0 atom stereocenters. The van der Waals surface area contributed by atoms with E-state index in [0.717, 1.165) is 32.6 Å². The molecule has 3 rings (SSSR count). The third-order valence-corrected chi connectivity index (χ3v) is 5.81. The molecule has 0 fully saturated rings. The first kappa shape index (κ1) is 17.7. The van der Waals surface area contributed by atoms with Gasteiger partial charge in [0.05, 0.1) is 16.3 Å². The Morgan fingerprint density at radius 2 is 1.84 bits per heavy atom. The monoisotopic (exact) mass is 368 g/mol. The van der Waals surface area contributed by atoms with Crippen LogP contribution >= 0.6 is 23.1 Å². The normalized spacial score (nSPS) is 10.7. The molecule has 0 unspecified atom stereocenters. The summed E-state index contributed by atoms with van der Waals surface area (Å²) in [6, 6.07) is 15.8. The fourth-order valence-corrected chi connectivity index (χ4v) is 4.12. The lowest BCUT2D eigenvalue weighted by Gasteiger charge is -2.19. The maximum absolute atomic E-state index is 13.0. The summed E-state index contributed by atoms with van der Waals surface area (Å²) in [6.45, 7) is 4.05. The Hall–Kier alpha value is -2.11. The first-order valence-electron chi connectivity index (χ1n) is 8.02. The van der Waals surface area contributed by atoms with Crippen molar-refractivity contribution in [3.63, 3.8) is 0 Å². The maximum Gasteiger partial charge on any atom is 0.259 e. The summed E-state index contributed by atoms with van der Waals surface area (Å²) < 4.78 is 0. The van der Waals surface area contributed by atoms with Gasteiger partial charge in [-0.2, -0.15) is 0 Å². The molecule has 25 heavy (non-hydrogen) atoms. The second-order valence-corrected chi connectivity index (χ2v) is 7.92. The van der Waals surface area contributed by atoms with Gasteiger partial charge in [-0.25, -0.2) is 4.98 Å². The predicted octanol–water partition coefficient (Wildman–Crippen LogP) is 5.33. The van der Waals surface area contributed by atoms with E-state index in [1.165, 1.54) is 5.56 Å². The summed E-state index contributed by atoms with van der Waals surface area (Å²) in [7, 11) is 1.82. The van der Waals surface area contributed by atoms with Crippen molar-refractivity contribution in [3.05, 3.63) is 75.7 Å². The molecule has 0 aliphatic carbocycles. The summed E-state index contributed by atoms with van der Waals surface area (Å²) in [6.07, 6.45) is 0. The van der Waals surface area contributed by atoms with Crippen LogP contribution in [0.15, 0.2) is 58.8 Å². The van der Waals surface area contributed by atoms with Gasteiger partial charge in [0.15, 0.2) is 0 Å². The van der Waals surface area contributed by atoms with Crippen molar-refractivity contribution >= 4 is 34.7 Å². The van der Waals surface area contributed by atoms with Crippen molar-refractivity contribution in [3.8, 4) is 0 Å². The molecular formula is C20H20N2OS2. The molecular weight excluding hydrogens is 348 g/mol. The van der Waals surface area contributed by atoms with Gasteiger partial charge in [-0.05, 0) is 38.1 Å². The highest BCUT2D eigenvalue weighted by Gasteiger charge is 2.17. The molecule has 0 aliphatic heterocycles. The van der Waals surface area contributed by atoms with Crippen molar-refractivity contribution < 1.29 is 4.79 Å². The number of nitrogens with zero attached hydrogens (tertiary/aromatic N) is 2. The Bertz CT molecular complexity index is 871. The zero-order valence-corrected chi connectivity index (χ0v) is 16.2.